The van der Waals surface area contributed by atoms with E-state index in [0.717, 1.165) is 12.8 Å². The Kier molecular flexibility index (Phi) is 2.10. The molecule has 92 valence electrons. The minimum Gasteiger partial charge on any atom is -0.354 e. The first-order chi connectivity index (χ1) is 8.08. The zero-order chi connectivity index (χ0) is 12.2. The number of aromatic nitrogens is 2. The number of rotatable bonds is 2. The van der Waals surface area contributed by atoms with Gasteiger partial charge in [-0.15, -0.1) is 0 Å². The summed E-state index contributed by atoms with van der Waals surface area (Å²) in [5.74, 6) is 0.585. The van der Waals surface area contributed by atoms with E-state index >= 15 is 0 Å². The van der Waals surface area contributed by atoms with Crippen LogP contribution in [0.5, 0.6) is 0 Å². The monoisotopic (exact) mass is 236 g/mol. The van der Waals surface area contributed by atoms with Crippen molar-refractivity contribution in [2.45, 2.75) is 39.0 Å². The standard InChI is InChI=1S/C12H16N2O3/c1-3-12-6-9(17-10(12)7(12)2)14-5-4-8(15)13-11(14)16/h4-5,7,9-10H,3,6H2,1-2H3,(H,13,15,16). The Morgan fingerprint density at radius 3 is 2.94 bits per heavy atom. The van der Waals surface area contributed by atoms with Gasteiger partial charge in [-0.25, -0.2) is 4.79 Å². The van der Waals surface area contributed by atoms with Crippen LogP contribution in [0.4, 0.5) is 0 Å². The van der Waals surface area contributed by atoms with Crippen LogP contribution in [0.2, 0.25) is 0 Å². The van der Waals surface area contributed by atoms with Crippen LogP contribution >= 0.6 is 0 Å². The molecule has 5 nitrogen and oxygen atoms in total. The number of nitrogens with zero attached hydrogens (tertiary/aromatic N) is 1. The molecule has 0 radical (unpaired) electrons. The molecule has 2 aliphatic rings. The number of nitrogens with one attached hydrogen (secondary N) is 1. The Hall–Kier alpha value is -1.36. The zero-order valence-electron chi connectivity index (χ0n) is 9.97. The van der Waals surface area contributed by atoms with Gasteiger partial charge in [-0.3, -0.25) is 14.3 Å². The van der Waals surface area contributed by atoms with Crippen molar-refractivity contribution in [2.24, 2.45) is 11.3 Å². The highest BCUT2D eigenvalue weighted by Crippen LogP contribution is 2.66. The van der Waals surface area contributed by atoms with E-state index in [-0.39, 0.29) is 29.0 Å². The second kappa shape index (κ2) is 3.32. The molecule has 3 rings (SSSR count). The Balaban J connectivity index is 1.89. The molecule has 5 heteroatoms. The summed E-state index contributed by atoms with van der Waals surface area (Å²) in [6.07, 6.45) is 3.51. The largest absolute Gasteiger partial charge is 0.354 e. The molecule has 0 spiro atoms. The molecule has 1 saturated heterocycles. The van der Waals surface area contributed by atoms with Crippen LogP contribution in [0.25, 0.3) is 0 Å². The maximum atomic E-state index is 11.7. The van der Waals surface area contributed by atoms with Gasteiger partial charge in [0, 0.05) is 24.1 Å². The second-order valence-electron chi connectivity index (χ2n) is 5.11. The molecular weight excluding hydrogens is 220 g/mol. The second-order valence-corrected chi connectivity index (χ2v) is 5.11. The van der Waals surface area contributed by atoms with Gasteiger partial charge >= 0.3 is 5.69 Å². The predicted octanol–water partition coefficient (Wildman–Crippen LogP) is 0.870. The average Bonchev–Trinajstić information content (AvgIpc) is 2.71. The van der Waals surface area contributed by atoms with Crippen molar-refractivity contribution in [2.75, 3.05) is 0 Å². The van der Waals surface area contributed by atoms with Crippen LogP contribution in [0.3, 0.4) is 0 Å². The minimum atomic E-state index is -0.386. The Morgan fingerprint density at radius 2 is 2.35 bits per heavy atom. The number of ether oxygens (including phenoxy) is 1. The Morgan fingerprint density at radius 1 is 1.59 bits per heavy atom. The van der Waals surface area contributed by atoms with Crippen molar-refractivity contribution in [1.29, 1.82) is 0 Å². The van der Waals surface area contributed by atoms with Gasteiger partial charge in [0.05, 0.1) is 6.10 Å². The molecule has 0 bridgehead atoms. The maximum absolute atomic E-state index is 11.7. The van der Waals surface area contributed by atoms with Gasteiger partial charge in [-0.05, 0) is 12.3 Å². The molecule has 1 N–H and O–H groups in total. The number of hydrogen-bond donors (Lipinski definition) is 1. The van der Waals surface area contributed by atoms with E-state index < -0.39 is 0 Å². The topological polar surface area (TPSA) is 64.1 Å². The van der Waals surface area contributed by atoms with Crippen molar-refractivity contribution in [1.82, 2.24) is 9.55 Å². The minimum absolute atomic E-state index is 0.222. The fourth-order valence-electron chi connectivity index (χ4n) is 3.24. The highest BCUT2D eigenvalue weighted by Gasteiger charge is 2.67. The summed E-state index contributed by atoms with van der Waals surface area (Å²) >= 11 is 0. The molecule has 1 aliphatic heterocycles. The van der Waals surface area contributed by atoms with Gasteiger partial charge in [-0.1, -0.05) is 13.8 Å². The maximum Gasteiger partial charge on any atom is 0.330 e. The predicted molar refractivity (Wildman–Crippen MR) is 61.7 cm³/mol. The fourth-order valence-corrected chi connectivity index (χ4v) is 3.24. The highest BCUT2D eigenvalue weighted by atomic mass is 16.5. The molecule has 1 saturated carbocycles. The summed E-state index contributed by atoms with van der Waals surface area (Å²) in [7, 11) is 0. The first-order valence-corrected chi connectivity index (χ1v) is 6.05. The lowest BCUT2D eigenvalue weighted by atomic mass is 9.96. The van der Waals surface area contributed by atoms with E-state index in [9.17, 15) is 9.59 Å². The first-order valence-electron chi connectivity index (χ1n) is 6.05. The number of hydrogen-bond acceptors (Lipinski definition) is 3. The van der Waals surface area contributed by atoms with Gasteiger partial charge in [-0.2, -0.15) is 0 Å². The molecule has 0 amide bonds. The van der Waals surface area contributed by atoms with Gasteiger partial charge in [0.1, 0.15) is 6.23 Å². The smallest absolute Gasteiger partial charge is 0.330 e. The van der Waals surface area contributed by atoms with Crippen LogP contribution < -0.4 is 11.2 Å². The lowest BCUT2D eigenvalue weighted by Gasteiger charge is -2.18. The molecule has 4 unspecified atom stereocenters. The third-order valence-corrected chi connectivity index (χ3v) is 4.50. The third-order valence-electron chi connectivity index (χ3n) is 4.50. The molecule has 4 atom stereocenters. The van der Waals surface area contributed by atoms with Crippen molar-refractivity contribution in [3.63, 3.8) is 0 Å². The van der Waals surface area contributed by atoms with Gasteiger partial charge in [0.2, 0.25) is 0 Å². The summed E-state index contributed by atoms with van der Waals surface area (Å²) in [4.78, 5) is 24.9. The third kappa shape index (κ3) is 1.35. The van der Waals surface area contributed by atoms with E-state index in [1.165, 1.54) is 16.8 Å². The van der Waals surface area contributed by atoms with E-state index in [2.05, 4.69) is 18.8 Å². The average molecular weight is 236 g/mol. The first kappa shape index (κ1) is 10.8. The van der Waals surface area contributed by atoms with Crippen LogP contribution in [-0.4, -0.2) is 15.7 Å². The lowest BCUT2D eigenvalue weighted by molar-refractivity contribution is 0.00885. The summed E-state index contributed by atoms with van der Waals surface area (Å²) in [6, 6.07) is 1.36. The normalized spacial score (nSPS) is 39.1. The lowest BCUT2D eigenvalue weighted by Crippen LogP contribution is -2.32. The van der Waals surface area contributed by atoms with E-state index in [1.54, 1.807) is 0 Å². The van der Waals surface area contributed by atoms with E-state index in [0.29, 0.717) is 5.92 Å². The zero-order valence-corrected chi connectivity index (χ0v) is 9.97. The molecule has 1 aliphatic carbocycles. The Labute approximate surface area is 98.4 Å². The van der Waals surface area contributed by atoms with Crippen LogP contribution in [-0.2, 0) is 4.74 Å². The molecule has 1 aromatic rings. The van der Waals surface area contributed by atoms with Crippen LogP contribution in [0, 0.1) is 11.3 Å². The van der Waals surface area contributed by atoms with Crippen LogP contribution in [0.15, 0.2) is 21.9 Å². The van der Waals surface area contributed by atoms with Crippen LogP contribution in [0.1, 0.15) is 32.9 Å². The molecule has 2 fully saturated rings. The Bertz CT molecular complexity index is 561. The quantitative estimate of drug-likeness (QED) is 0.828. The molecule has 17 heavy (non-hydrogen) atoms. The van der Waals surface area contributed by atoms with Crippen molar-refractivity contribution in [3.05, 3.63) is 33.1 Å². The van der Waals surface area contributed by atoms with Crippen molar-refractivity contribution in [3.8, 4) is 0 Å². The van der Waals surface area contributed by atoms with E-state index in [1.807, 2.05) is 0 Å². The summed E-state index contributed by atoms with van der Waals surface area (Å²) in [5.41, 5.74) is -0.504. The van der Waals surface area contributed by atoms with Crippen molar-refractivity contribution < 1.29 is 4.74 Å². The van der Waals surface area contributed by atoms with Crippen molar-refractivity contribution >= 4 is 0 Å². The van der Waals surface area contributed by atoms with Gasteiger partial charge < -0.3 is 4.74 Å². The number of aromatic amines is 1. The molecule has 1 aromatic heterocycles. The number of H-pyrrole nitrogens is 1. The summed E-state index contributed by atoms with van der Waals surface area (Å²) in [6.45, 7) is 4.36. The number of fused-ring (bicyclic) bond motifs is 1. The molecule has 2 heterocycles. The van der Waals surface area contributed by atoms with E-state index in [4.69, 9.17) is 4.74 Å². The SMILES string of the molecule is CCC12CC(n3ccc(=O)[nH]c3=O)OC1C2C. The fraction of sp³-hybridized carbons (Fsp3) is 0.667. The molecule has 0 aromatic carbocycles. The summed E-state index contributed by atoms with van der Waals surface area (Å²) < 4.78 is 7.37. The summed E-state index contributed by atoms with van der Waals surface area (Å²) in [5, 5.41) is 0. The molecular formula is C12H16N2O3. The van der Waals surface area contributed by atoms with Gasteiger partial charge in [0.25, 0.3) is 5.56 Å². The van der Waals surface area contributed by atoms with Gasteiger partial charge in [0.15, 0.2) is 0 Å². The highest BCUT2D eigenvalue weighted by molar-refractivity contribution is 5.14.